The average molecular weight is 302 g/mol. The van der Waals surface area contributed by atoms with Gasteiger partial charge in [0.05, 0.1) is 6.61 Å². The van der Waals surface area contributed by atoms with Crippen LogP contribution in [0, 0.1) is 0 Å². The Balaban J connectivity index is 3.04. The first-order valence-corrected chi connectivity index (χ1v) is 7.44. The summed E-state index contributed by atoms with van der Waals surface area (Å²) in [6.45, 7) is 8.39. The van der Waals surface area contributed by atoms with E-state index in [1.165, 1.54) is 0 Å². The van der Waals surface area contributed by atoms with E-state index < -0.39 is 0 Å². The van der Waals surface area contributed by atoms with Crippen LogP contribution in [0.15, 0.2) is 0 Å². The number of ether oxygens (including phenoxy) is 1. The molecular weight excluding hydrogens is 278 g/mol. The molecule has 0 radical (unpaired) electrons. The highest BCUT2D eigenvalue weighted by atomic mass is 35.5. The number of hydrogen-bond acceptors (Lipinski definition) is 6. The van der Waals surface area contributed by atoms with Gasteiger partial charge in [0.2, 0.25) is 17.2 Å². The fraction of sp³-hybridized carbons (Fsp3) is 0.769. The van der Waals surface area contributed by atoms with Crippen LogP contribution in [0.4, 0.5) is 11.9 Å². The van der Waals surface area contributed by atoms with Crippen LogP contribution in [0.5, 0.6) is 0 Å². The van der Waals surface area contributed by atoms with E-state index in [9.17, 15) is 0 Å². The van der Waals surface area contributed by atoms with Gasteiger partial charge in [0.25, 0.3) is 0 Å². The van der Waals surface area contributed by atoms with E-state index in [0.29, 0.717) is 24.5 Å². The molecule has 1 heterocycles. The summed E-state index contributed by atoms with van der Waals surface area (Å²) in [5.41, 5.74) is 0. The van der Waals surface area contributed by atoms with Gasteiger partial charge in [-0.15, -0.1) is 0 Å². The van der Waals surface area contributed by atoms with Crippen LogP contribution >= 0.6 is 11.6 Å². The van der Waals surface area contributed by atoms with E-state index >= 15 is 0 Å². The Morgan fingerprint density at radius 2 is 1.90 bits per heavy atom. The number of rotatable bonds is 9. The second-order valence-corrected chi connectivity index (χ2v) is 4.75. The SMILES string of the molecule is CCNc1nc(Cl)nc(N(CCOC)C(CC)CC)n1. The zero-order chi connectivity index (χ0) is 15.0. The first-order valence-electron chi connectivity index (χ1n) is 7.07. The van der Waals surface area contributed by atoms with Gasteiger partial charge in [0.15, 0.2) is 0 Å². The molecule has 0 bridgehead atoms. The van der Waals surface area contributed by atoms with Gasteiger partial charge in [-0.3, -0.25) is 0 Å². The standard InChI is InChI=1S/C13H24ClN5O/c1-5-10(6-2)19(8-9-20-4)13-17-11(14)16-12(18-13)15-7-3/h10H,5-9H2,1-4H3,(H,15,16,17,18). The lowest BCUT2D eigenvalue weighted by Gasteiger charge is -2.30. The molecule has 1 rings (SSSR count). The van der Waals surface area contributed by atoms with Gasteiger partial charge in [-0.2, -0.15) is 15.0 Å². The Hall–Kier alpha value is -1.14. The van der Waals surface area contributed by atoms with Crippen molar-refractivity contribution in [3.05, 3.63) is 5.28 Å². The Kier molecular flexibility index (Phi) is 7.54. The van der Waals surface area contributed by atoms with Crippen LogP contribution in [-0.2, 0) is 4.74 Å². The number of anilines is 2. The predicted molar refractivity (Wildman–Crippen MR) is 82.6 cm³/mol. The van der Waals surface area contributed by atoms with Gasteiger partial charge in [-0.25, -0.2) is 0 Å². The number of hydrogen-bond donors (Lipinski definition) is 1. The summed E-state index contributed by atoms with van der Waals surface area (Å²) in [6.07, 6.45) is 2.03. The summed E-state index contributed by atoms with van der Waals surface area (Å²) in [4.78, 5) is 14.9. The van der Waals surface area contributed by atoms with Crippen molar-refractivity contribution in [2.24, 2.45) is 0 Å². The van der Waals surface area contributed by atoms with Crippen LogP contribution in [0.25, 0.3) is 0 Å². The molecular formula is C13H24ClN5O. The quantitative estimate of drug-likeness (QED) is 0.756. The highest BCUT2D eigenvalue weighted by Crippen LogP contribution is 2.19. The first-order chi connectivity index (χ1) is 9.65. The summed E-state index contributed by atoms with van der Waals surface area (Å²) in [6, 6.07) is 0.359. The summed E-state index contributed by atoms with van der Waals surface area (Å²) in [7, 11) is 1.69. The molecule has 1 aromatic rings. The Morgan fingerprint density at radius 3 is 2.45 bits per heavy atom. The highest BCUT2D eigenvalue weighted by molar-refractivity contribution is 6.28. The van der Waals surface area contributed by atoms with Crippen molar-refractivity contribution in [1.82, 2.24) is 15.0 Å². The van der Waals surface area contributed by atoms with Crippen molar-refractivity contribution in [3.63, 3.8) is 0 Å². The van der Waals surface area contributed by atoms with Crippen LogP contribution in [0.3, 0.4) is 0 Å². The number of aromatic nitrogens is 3. The molecule has 0 aromatic carbocycles. The molecule has 0 spiro atoms. The predicted octanol–water partition coefficient (Wildman–Crippen LogP) is 2.60. The topological polar surface area (TPSA) is 63.2 Å². The number of halogens is 1. The minimum Gasteiger partial charge on any atom is -0.383 e. The molecule has 0 amide bonds. The summed E-state index contributed by atoms with van der Waals surface area (Å²) in [5.74, 6) is 1.11. The molecule has 0 unspecified atom stereocenters. The third kappa shape index (κ3) is 4.76. The Bertz CT molecular complexity index is 400. The van der Waals surface area contributed by atoms with E-state index in [4.69, 9.17) is 16.3 Å². The van der Waals surface area contributed by atoms with Crippen molar-refractivity contribution >= 4 is 23.5 Å². The minimum atomic E-state index is 0.208. The molecule has 1 aromatic heterocycles. The summed E-state index contributed by atoms with van der Waals surface area (Å²) >= 11 is 5.99. The molecule has 7 heteroatoms. The number of nitrogens with zero attached hydrogens (tertiary/aromatic N) is 4. The lowest BCUT2D eigenvalue weighted by Crippen LogP contribution is -2.38. The third-order valence-electron chi connectivity index (χ3n) is 3.11. The third-order valence-corrected chi connectivity index (χ3v) is 3.28. The Labute approximate surface area is 125 Å². The van der Waals surface area contributed by atoms with Gasteiger partial charge >= 0.3 is 0 Å². The largest absolute Gasteiger partial charge is 0.383 e. The molecule has 0 aliphatic heterocycles. The molecule has 0 saturated carbocycles. The molecule has 0 atom stereocenters. The van der Waals surface area contributed by atoms with E-state index in [0.717, 1.165) is 25.9 Å². The van der Waals surface area contributed by atoms with E-state index in [-0.39, 0.29) is 5.28 Å². The van der Waals surface area contributed by atoms with Crippen molar-refractivity contribution in [1.29, 1.82) is 0 Å². The van der Waals surface area contributed by atoms with Gasteiger partial charge in [0, 0.05) is 26.2 Å². The van der Waals surface area contributed by atoms with E-state index in [1.54, 1.807) is 7.11 Å². The molecule has 114 valence electrons. The molecule has 0 fully saturated rings. The maximum Gasteiger partial charge on any atom is 0.231 e. The fourth-order valence-corrected chi connectivity index (χ4v) is 2.23. The lowest BCUT2D eigenvalue weighted by atomic mass is 10.1. The first kappa shape index (κ1) is 16.9. The molecule has 1 N–H and O–H groups in total. The normalized spacial score (nSPS) is 10.9. The van der Waals surface area contributed by atoms with E-state index in [2.05, 4.69) is 39.0 Å². The van der Waals surface area contributed by atoms with Gasteiger partial charge in [-0.1, -0.05) is 13.8 Å². The summed E-state index contributed by atoms with van der Waals surface area (Å²) < 4.78 is 5.18. The monoisotopic (exact) mass is 301 g/mol. The van der Waals surface area contributed by atoms with Gasteiger partial charge in [-0.05, 0) is 31.4 Å². The fourth-order valence-electron chi connectivity index (χ4n) is 2.07. The molecule has 20 heavy (non-hydrogen) atoms. The smallest absolute Gasteiger partial charge is 0.231 e. The second-order valence-electron chi connectivity index (χ2n) is 4.41. The second kappa shape index (κ2) is 8.92. The molecule has 6 nitrogen and oxygen atoms in total. The molecule has 0 aliphatic carbocycles. The molecule has 0 saturated heterocycles. The van der Waals surface area contributed by atoms with Crippen LogP contribution < -0.4 is 10.2 Å². The maximum absolute atomic E-state index is 5.99. The zero-order valence-electron chi connectivity index (χ0n) is 12.7. The van der Waals surface area contributed by atoms with Crippen molar-refractivity contribution in [3.8, 4) is 0 Å². The van der Waals surface area contributed by atoms with Crippen molar-refractivity contribution in [2.75, 3.05) is 37.0 Å². The Morgan fingerprint density at radius 1 is 1.20 bits per heavy atom. The van der Waals surface area contributed by atoms with Gasteiger partial charge in [0.1, 0.15) is 0 Å². The average Bonchev–Trinajstić information content (AvgIpc) is 2.43. The maximum atomic E-state index is 5.99. The minimum absolute atomic E-state index is 0.208. The molecule has 0 aliphatic rings. The van der Waals surface area contributed by atoms with E-state index in [1.807, 2.05) is 6.92 Å². The number of methoxy groups -OCH3 is 1. The zero-order valence-corrected chi connectivity index (χ0v) is 13.4. The van der Waals surface area contributed by atoms with Gasteiger partial charge < -0.3 is 15.0 Å². The number of nitrogens with one attached hydrogen (secondary N) is 1. The highest BCUT2D eigenvalue weighted by Gasteiger charge is 2.19. The van der Waals surface area contributed by atoms with Crippen molar-refractivity contribution in [2.45, 2.75) is 39.7 Å². The van der Waals surface area contributed by atoms with Crippen LogP contribution in [0.1, 0.15) is 33.6 Å². The lowest BCUT2D eigenvalue weighted by molar-refractivity contribution is 0.202. The summed E-state index contributed by atoms with van der Waals surface area (Å²) in [5, 5.41) is 3.28. The van der Waals surface area contributed by atoms with Crippen molar-refractivity contribution < 1.29 is 4.74 Å². The van der Waals surface area contributed by atoms with Crippen LogP contribution in [-0.4, -0.2) is 47.8 Å². The van der Waals surface area contributed by atoms with Crippen LogP contribution in [0.2, 0.25) is 5.28 Å².